The van der Waals surface area contributed by atoms with Crippen molar-refractivity contribution >= 4 is 0 Å². The van der Waals surface area contributed by atoms with Crippen LogP contribution in [0.4, 0.5) is 17.6 Å². The highest BCUT2D eigenvalue weighted by atomic mass is 19.4. The summed E-state index contributed by atoms with van der Waals surface area (Å²) in [6, 6.07) is 0.893. The first-order valence-electron chi connectivity index (χ1n) is 4.19. The van der Waals surface area contributed by atoms with Gasteiger partial charge in [-0.05, 0) is 18.2 Å². The molecule has 0 bridgehead atoms. The molecule has 1 aromatic carbocycles. The molecule has 0 spiro atoms. The van der Waals surface area contributed by atoms with Crippen molar-refractivity contribution in [3.63, 3.8) is 0 Å². The molecule has 2 nitrogen and oxygen atoms in total. The number of terminal acetylenes is 1. The second-order valence-corrected chi connectivity index (χ2v) is 3.00. The van der Waals surface area contributed by atoms with Gasteiger partial charge in [0.25, 0.3) is 0 Å². The molecule has 0 radical (unpaired) electrons. The van der Waals surface area contributed by atoms with Gasteiger partial charge in [0, 0.05) is 5.56 Å². The third-order valence-corrected chi connectivity index (χ3v) is 1.97. The number of rotatable bonds is 2. The maximum atomic E-state index is 13.2. The Morgan fingerprint density at radius 1 is 1.38 bits per heavy atom. The van der Waals surface area contributed by atoms with Crippen LogP contribution in [-0.4, -0.2) is 0 Å². The normalized spacial score (nSPS) is 13.2. The Morgan fingerprint density at radius 3 is 2.44 bits per heavy atom. The zero-order valence-electron chi connectivity index (χ0n) is 7.98. The average molecular weight is 232 g/mol. The summed E-state index contributed by atoms with van der Waals surface area (Å²) in [5.41, 5.74) is 0.766. The van der Waals surface area contributed by atoms with Crippen molar-refractivity contribution in [1.82, 2.24) is 5.43 Å². The summed E-state index contributed by atoms with van der Waals surface area (Å²) in [6.07, 6.45) is 0.457. The number of halogens is 4. The minimum atomic E-state index is -4.55. The van der Waals surface area contributed by atoms with Crippen LogP contribution in [0.5, 0.6) is 0 Å². The highest BCUT2D eigenvalue weighted by Gasteiger charge is 2.31. The Labute approximate surface area is 89.4 Å². The largest absolute Gasteiger partial charge is 0.416 e. The topological polar surface area (TPSA) is 38.0 Å². The van der Waals surface area contributed by atoms with Crippen molar-refractivity contribution < 1.29 is 17.6 Å². The Kier molecular flexibility index (Phi) is 3.52. The zero-order chi connectivity index (χ0) is 12.3. The van der Waals surface area contributed by atoms with E-state index in [1.807, 2.05) is 11.3 Å². The molecular weight excluding hydrogens is 224 g/mol. The van der Waals surface area contributed by atoms with Gasteiger partial charge in [-0.3, -0.25) is 5.84 Å². The molecule has 0 amide bonds. The van der Waals surface area contributed by atoms with E-state index < -0.39 is 23.6 Å². The first-order valence-corrected chi connectivity index (χ1v) is 4.19. The molecule has 6 heteroatoms. The molecule has 1 atom stereocenters. The van der Waals surface area contributed by atoms with Crippen LogP contribution in [0.2, 0.25) is 0 Å². The van der Waals surface area contributed by atoms with Gasteiger partial charge in [-0.25, -0.2) is 9.82 Å². The van der Waals surface area contributed by atoms with Crippen LogP contribution < -0.4 is 11.3 Å². The van der Waals surface area contributed by atoms with Crippen LogP contribution in [0, 0.1) is 18.2 Å². The minimum absolute atomic E-state index is 0.306. The molecule has 3 N–H and O–H groups in total. The van der Waals surface area contributed by atoms with Gasteiger partial charge in [0.1, 0.15) is 11.9 Å². The fraction of sp³-hybridized carbons (Fsp3) is 0.200. The van der Waals surface area contributed by atoms with E-state index in [1.54, 1.807) is 0 Å². The molecule has 1 rings (SSSR count). The summed E-state index contributed by atoms with van der Waals surface area (Å²) < 4.78 is 50.3. The van der Waals surface area contributed by atoms with Crippen molar-refractivity contribution in [2.24, 2.45) is 5.84 Å². The summed E-state index contributed by atoms with van der Waals surface area (Å²) in [5.74, 6) is 6.21. The van der Waals surface area contributed by atoms with Gasteiger partial charge in [0.15, 0.2) is 0 Å². The average Bonchev–Trinajstić information content (AvgIpc) is 2.20. The summed E-state index contributed by atoms with van der Waals surface area (Å²) in [4.78, 5) is 0. The highest BCUT2D eigenvalue weighted by Crippen LogP contribution is 2.31. The zero-order valence-corrected chi connectivity index (χ0v) is 7.98. The molecule has 86 valence electrons. The van der Waals surface area contributed by atoms with Crippen molar-refractivity contribution in [3.8, 4) is 12.3 Å². The molecule has 0 aliphatic rings. The van der Waals surface area contributed by atoms with Crippen molar-refractivity contribution in [2.45, 2.75) is 12.2 Å². The monoisotopic (exact) mass is 232 g/mol. The van der Waals surface area contributed by atoms with E-state index >= 15 is 0 Å². The molecule has 0 aromatic heterocycles. The van der Waals surface area contributed by atoms with Crippen molar-refractivity contribution in [3.05, 3.63) is 35.1 Å². The van der Waals surface area contributed by atoms with Gasteiger partial charge in [0.05, 0.1) is 5.56 Å². The van der Waals surface area contributed by atoms with Crippen LogP contribution in [0.3, 0.4) is 0 Å². The number of nitrogens with one attached hydrogen (secondary N) is 1. The lowest BCUT2D eigenvalue weighted by Crippen LogP contribution is -2.27. The van der Waals surface area contributed by atoms with Crippen LogP contribution in [0.1, 0.15) is 17.2 Å². The fourth-order valence-electron chi connectivity index (χ4n) is 1.17. The van der Waals surface area contributed by atoms with Gasteiger partial charge in [-0.1, -0.05) is 5.92 Å². The summed E-state index contributed by atoms with van der Waals surface area (Å²) in [6.45, 7) is 0. The van der Waals surface area contributed by atoms with E-state index in [2.05, 4.69) is 0 Å². The van der Waals surface area contributed by atoms with E-state index in [1.165, 1.54) is 0 Å². The second-order valence-electron chi connectivity index (χ2n) is 3.00. The summed E-state index contributed by atoms with van der Waals surface area (Å²) >= 11 is 0. The standard InChI is InChI=1S/C10H8F4N2/c1-2-9(16-15)7-5-6(10(12,13)14)3-4-8(7)11/h1,3-5,9,16H,15H2. The Bertz CT molecular complexity index is 420. The molecule has 1 unspecified atom stereocenters. The lowest BCUT2D eigenvalue weighted by Gasteiger charge is -2.13. The number of hydrogen-bond donors (Lipinski definition) is 2. The van der Waals surface area contributed by atoms with Gasteiger partial charge in [-0.15, -0.1) is 6.42 Å². The number of hydrogen-bond acceptors (Lipinski definition) is 2. The van der Waals surface area contributed by atoms with Crippen LogP contribution in [0.15, 0.2) is 18.2 Å². The van der Waals surface area contributed by atoms with E-state index in [0.29, 0.717) is 18.2 Å². The maximum absolute atomic E-state index is 13.2. The summed E-state index contributed by atoms with van der Waals surface area (Å²) in [7, 11) is 0. The smallest absolute Gasteiger partial charge is 0.270 e. The quantitative estimate of drug-likeness (QED) is 0.354. The lowest BCUT2D eigenvalue weighted by molar-refractivity contribution is -0.137. The number of alkyl halides is 3. The molecule has 0 aliphatic carbocycles. The minimum Gasteiger partial charge on any atom is -0.270 e. The SMILES string of the molecule is C#CC(NN)c1cc(C(F)(F)F)ccc1F. The van der Waals surface area contributed by atoms with E-state index in [0.717, 1.165) is 0 Å². The molecule has 1 aromatic rings. The Balaban J connectivity index is 3.25. The Hall–Kier alpha value is -1.58. The number of benzene rings is 1. The van der Waals surface area contributed by atoms with Gasteiger partial charge in [-0.2, -0.15) is 13.2 Å². The van der Waals surface area contributed by atoms with E-state index in [4.69, 9.17) is 12.3 Å². The Morgan fingerprint density at radius 2 is 2.00 bits per heavy atom. The molecule has 0 fully saturated rings. The van der Waals surface area contributed by atoms with Gasteiger partial charge < -0.3 is 0 Å². The molecule has 16 heavy (non-hydrogen) atoms. The number of nitrogens with two attached hydrogens (primary N) is 1. The predicted octanol–water partition coefficient (Wildman–Crippen LogP) is 1.98. The van der Waals surface area contributed by atoms with Crippen LogP contribution in [0.25, 0.3) is 0 Å². The molecule has 0 aliphatic heterocycles. The van der Waals surface area contributed by atoms with Crippen LogP contribution >= 0.6 is 0 Å². The molecule has 0 heterocycles. The first-order chi connectivity index (χ1) is 7.40. The highest BCUT2D eigenvalue weighted by molar-refractivity contribution is 5.32. The lowest BCUT2D eigenvalue weighted by atomic mass is 10.0. The fourth-order valence-corrected chi connectivity index (χ4v) is 1.17. The van der Waals surface area contributed by atoms with Crippen LogP contribution in [-0.2, 0) is 6.18 Å². The third-order valence-electron chi connectivity index (χ3n) is 1.97. The second kappa shape index (κ2) is 4.51. The maximum Gasteiger partial charge on any atom is 0.416 e. The van der Waals surface area contributed by atoms with Gasteiger partial charge >= 0.3 is 6.18 Å². The number of hydrazine groups is 1. The van der Waals surface area contributed by atoms with Crippen molar-refractivity contribution in [2.75, 3.05) is 0 Å². The van der Waals surface area contributed by atoms with E-state index in [9.17, 15) is 17.6 Å². The summed E-state index contributed by atoms with van der Waals surface area (Å²) in [5, 5.41) is 0. The molecular formula is C10H8F4N2. The van der Waals surface area contributed by atoms with Gasteiger partial charge in [0.2, 0.25) is 0 Å². The van der Waals surface area contributed by atoms with E-state index in [-0.39, 0.29) is 5.56 Å². The predicted molar refractivity (Wildman–Crippen MR) is 50.3 cm³/mol. The first kappa shape index (κ1) is 12.5. The third kappa shape index (κ3) is 2.51. The molecule has 0 saturated heterocycles. The molecule has 0 saturated carbocycles. The van der Waals surface area contributed by atoms with Crippen molar-refractivity contribution in [1.29, 1.82) is 0 Å².